The summed E-state index contributed by atoms with van der Waals surface area (Å²) in [6, 6.07) is 0.0776. The molecule has 1 saturated carbocycles. The van der Waals surface area contributed by atoms with Crippen molar-refractivity contribution in [2.45, 2.75) is 107 Å². The number of thioether (sulfide) groups is 1. The van der Waals surface area contributed by atoms with E-state index in [1.54, 1.807) is 28.3 Å². The molecule has 2 N–H and O–H groups in total. The summed E-state index contributed by atoms with van der Waals surface area (Å²) in [6.07, 6.45) is 2.86. The second kappa shape index (κ2) is 13.2. The predicted octanol–water partition coefficient (Wildman–Crippen LogP) is 3.58. The SMILES string of the molecule is Cc1nc2c(c(=O)n1CCOC1CCC(Cl)CC1C1CC(C)NC3C(C(=O)O)CSC13)CC(N(C)CC(F)F)CC2. The molecule has 1 aromatic heterocycles. The van der Waals surface area contributed by atoms with Crippen LogP contribution in [0, 0.1) is 24.7 Å². The van der Waals surface area contributed by atoms with Gasteiger partial charge in [0.25, 0.3) is 12.0 Å². The Morgan fingerprint density at radius 3 is 2.80 bits per heavy atom. The van der Waals surface area contributed by atoms with Crippen LogP contribution in [0.4, 0.5) is 8.78 Å². The molecule has 4 aliphatic rings. The van der Waals surface area contributed by atoms with Gasteiger partial charge in [0.15, 0.2) is 0 Å². The third-order valence-corrected chi connectivity index (χ3v) is 11.8. The molecule has 2 aliphatic carbocycles. The minimum Gasteiger partial charge on any atom is -0.481 e. The van der Waals surface area contributed by atoms with Crippen molar-refractivity contribution in [1.29, 1.82) is 0 Å². The van der Waals surface area contributed by atoms with E-state index in [0.29, 0.717) is 55.5 Å². The van der Waals surface area contributed by atoms with Crippen LogP contribution in [0.15, 0.2) is 4.79 Å². The van der Waals surface area contributed by atoms with Crippen LogP contribution in [0.3, 0.4) is 0 Å². The molecular formula is C29H43ClF2N4O4S. The molecule has 0 radical (unpaired) electrons. The van der Waals surface area contributed by atoms with E-state index in [4.69, 9.17) is 21.3 Å². The van der Waals surface area contributed by atoms with E-state index in [-0.39, 0.29) is 58.8 Å². The molecule has 9 atom stereocenters. The van der Waals surface area contributed by atoms with E-state index in [9.17, 15) is 23.5 Å². The molecule has 41 heavy (non-hydrogen) atoms. The summed E-state index contributed by atoms with van der Waals surface area (Å²) in [4.78, 5) is 31.8. The summed E-state index contributed by atoms with van der Waals surface area (Å²) in [7, 11) is 1.69. The largest absolute Gasteiger partial charge is 0.481 e. The first-order valence-electron chi connectivity index (χ1n) is 15.0. The number of likely N-dealkylation sites (N-methyl/N-ethyl adjacent to an activating group) is 1. The Morgan fingerprint density at radius 2 is 2.07 bits per heavy atom. The van der Waals surface area contributed by atoms with Gasteiger partial charge in [0.2, 0.25) is 0 Å². The molecule has 230 valence electrons. The van der Waals surface area contributed by atoms with E-state index in [0.717, 1.165) is 31.4 Å². The number of halogens is 3. The highest BCUT2D eigenvalue weighted by molar-refractivity contribution is 8.00. The monoisotopic (exact) mass is 616 g/mol. The van der Waals surface area contributed by atoms with Crippen molar-refractivity contribution in [3.8, 4) is 0 Å². The van der Waals surface area contributed by atoms with Gasteiger partial charge in [0.05, 0.1) is 37.4 Å². The first kappa shape index (κ1) is 31.2. The maximum absolute atomic E-state index is 13.5. The van der Waals surface area contributed by atoms with Crippen molar-refractivity contribution in [3.63, 3.8) is 0 Å². The standard InChI is InChI=1S/C29H43ClF2N4O4S/c1-15-10-20(27-26(33-15)22(14-41-27)29(38)39)19-11-17(30)4-7-24(19)40-9-8-36-16(2)34-23-6-5-18(12-21(23)28(36)37)35(3)13-25(31)32/h15,17-20,22,24-27,33H,4-14H2,1-3H3,(H,38,39). The van der Waals surface area contributed by atoms with Gasteiger partial charge in [-0.15, -0.1) is 11.6 Å². The fourth-order valence-electron chi connectivity index (χ4n) is 7.73. The Bertz CT molecular complexity index is 1160. The molecule has 9 unspecified atom stereocenters. The number of nitrogens with zero attached hydrogens (tertiary/aromatic N) is 3. The quantitative estimate of drug-likeness (QED) is 0.407. The van der Waals surface area contributed by atoms with Gasteiger partial charge >= 0.3 is 5.97 Å². The van der Waals surface area contributed by atoms with E-state index in [1.165, 1.54) is 0 Å². The Balaban J connectivity index is 1.27. The summed E-state index contributed by atoms with van der Waals surface area (Å²) >= 11 is 8.46. The molecule has 2 aliphatic heterocycles. The second-order valence-electron chi connectivity index (χ2n) is 12.5. The number of hydrogen-bond acceptors (Lipinski definition) is 7. The van der Waals surface area contributed by atoms with Gasteiger partial charge in [-0.05, 0) is 77.7 Å². The molecule has 12 heteroatoms. The third kappa shape index (κ3) is 6.79. The predicted molar refractivity (Wildman–Crippen MR) is 156 cm³/mol. The van der Waals surface area contributed by atoms with Crippen LogP contribution < -0.4 is 10.9 Å². The number of hydrogen-bond donors (Lipinski definition) is 2. The van der Waals surface area contributed by atoms with Gasteiger partial charge in [0.1, 0.15) is 5.82 Å². The van der Waals surface area contributed by atoms with Crippen LogP contribution in [-0.2, 0) is 28.9 Å². The van der Waals surface area contributed by atoms with Gasteiger partial charge in [-0.25, -0.2) is 13.8 Å². The molecule has 3 heterocycles. The lowest BCUT2D eigenvalue weighted by molar-refractivity contribution is -0.142. The molecule has 8 nitrogen and oxygen atoms in total. The molecular weight excluding hydrogens is 574 g/mol. The van der Waals surface area contributed by atoms with Crippen molar-refractivity contribution in [3.05, 3.63) is 27.4 Å². The molecule has 0 aromatic carbocycles. The Morgan fingerprint density at radius 1 is 1.29 bits per heavy atom. The number of carboxylic acid groups (broad SMARTS) is 1. The summed E-state index contributed by atoms with van der Waals surface area (Å²) in [5.41, 5.74) is 1.33. The van der Waals surface area contributed by atoms with Crippen molar-refractivity contribution in [2.24, 2.45) is 17.8 Å². The number of carbonyl (C=O) groups is 1. The normalized spacial score (nSPS) is 35.5. The van der Waals surface area contributed by atoms with Crippen LogP contribution in [0.2, 0.25) is 0 Å². The Hall–Kier alpha value is -1.27. The average Bonchev–Trinajstić information content (AvgIpc) is 3.34. The third-order valence-electron chi connectivity index (χ3n) is 9.81. The van der Waals surface area contributed by atoms with Crippen LogP contribution >= 0.6 is 23.4 Å². The van der Waals surface area contributed by atoms with E-state index < -0.39 is 12.4 Å². The first-order valence-corrected chi connectivity index (χ1v) is 16.5. The fraction of sp³-hybridized carbons (Fsp3) is 0.828. The number of aromatic nitrogens is 2. The molecule has 0 spiro atoms. The van der Waals surface area contributed by atoms with Gasteiger partial charge in [-0.2, -0.15) is 11.8 Å². The summed E-state index contributed by atoms with van der Waals surface area (Å²) in [5, 5.41) is 13.6. The number of carboxylic acids is 1. The summed E-state index contributed by atoms with van der Waals surface area (Å²) < 4.78 is 34.1. The van der Waals surface area contributed by atoms with E-state index >= 15 is 0 Å². The number of rotatable bonds is 9. The van der Waals surface area contributed by atoms with Gasteiger partial charge in [0, 0.05) is 40.1 Å². The lowest BCUT2D eigenvalue weighted by Gasteiger charge is -2.47. The number of nitrogens with one attached hydrogen (secondary N) is 1. The highest BCUT2D eigenvalue weighted by atomic mass is 35.5. The molecule has 1 aromatic rings. The molecule has 0 bridgehead atoms. The smallest absolute Gasteiger partial charge is 0.308 e. The minimum absolute atomic E-state index is 0.000556. The van der Waals surface area contributed by atoms with Crippen LogP contribution in [0.5, 0.6) is 0 Å². The lowest BCUT2D eigenvalue weighted by atomic mass is 9.70. The summed E-state index contributed by atoms with van der Waals surface area (Å²) in [6.45, 7) is 4.41. The minimum atomic E-state index is -2.41. The number of piperidine rings is 1. The molecule has 5 rings (SSSR count). The van der Waals surface area contributed by atoms with Gasteiger partial charge in [-0.3, -0.25) is 19.1 Å². The lowest BCUT2D eigenvalue weighted by Crippen LogP contribution is -2.57. The van der Waals surface area contributed by atoms with Crippen molar-refractivity contribution >= 4 is 29.3 Å². The van der Waals surface area contributed by atoms with Gasteiger partial charge in [-0.1, -0.05) is 0 Å². The molecule has 0 amide bonds. The summed E-state index contributed by atoms with van der Waals surface area (Å²) in [5.74, 6) is 0.697. The van der Waals surface area contributed by atoms with Crippen LogP contribution in [0.1, 0.15) is 56.1 Å². The topological polar surface area (TPSA) is 96.7 Å². The first-order chi connectivity index (χ1) is 19.5. The zero-order valence-electron chi connectivity index (χ0n) is 24.1. The Kier molecular flexibility index (Phi) is 10.0. The highest BCUT2D eigenvalue weighted by Crippen LogP contribution is 2.48. The number of aliphatic carboxylic acids is 1. The van der Waals surface area contributed by atoms with Crippen molar-refractivity contribution in [1.82, 2.24) is 19.8 Å². The maximum Gasteiger partial charge on any atom is 0.308 e. The number of ether oxygens (including phenoxy) is 1. The molecule has 3 fully saturated rings. The zero-order valence-corrected chi connectivity index (χ0v) is 25.7. The number of aryl methyl sites for hydroxylation is 2. The van der Waals surface area contributed by atoms with Gasteiger partial charge < -0.3 is 15.2 Å². The van der Waals surface area contributed by atoms with Crippen molar-refractivity contribution in [2.75, 3.05) is 26.0 Å². The number of fused-ring (bicyclic) bond motifs is 2. The van der Waals surface area contributed by atoms with Crippen LogP contribution in [-0.4, -0.2) is 92.8 Å². The van der Waals surface area contributed by atoms with E-state index in [1.807, 2.05) is 6.92 Å². The fourth-order valence-corrected chi connectivity index (χ4v) is 9.87. The maximum atomic E-state index is 13.5. The highest BCUT2D eigenvalue weighted by Gasteiger charge is 2.51. The van der Waals surface area contributed by atoms with Crippen molar-refractivity contribution < 1.29 is 23.4 Å². The average molecular weight is 617 g/mol. The van der Waals surface area contributed by atoms with Crippen LogP contribution in [0.25, 0.3) is 0 Å². The zero-order chi connectivity index (χ0) is 29.4. The Labute approximate surface area is 249 Å². The van der Waals surface area contributed by atoms with E-state index in [2.05, 4.69) is 12.2 Å². The molecule has 2 saturated heterocycles. The number of alkyl halides is 3. The second-order valence-corrected chi connectivity index (χ2v) is 14.3.